The second kappa shape index (κ2) is 5.01. The smallest absolute Gasteiger partial charge is 0.330 e. The third-order valence-corrected chi connectivity index (χ3v) is 1.81. The number of methoxy groups -OCH3 is 1. The molecule has 0 spiro atoms. The SMILES string of the molecule is COC(=O)C=Cc1cccc([N+](=O)[O-])c1F. The van der Waals surface area contributed by atoms with Crippen molar-refractivity contribution in [3.63, 3.8) is 0 Å². The highest BCUT2D eigenvalue weighted by Crippen LogP contribution is 2.20. The van der Waals surface area contributed by atoms with Crippen molar-refractivity contribution in [3.8, 4) is 0 Å². The fourth-order valence-corrected chi connectivity index (χ4v) is 1.03. The Balaban J connectivity index is 3.07. The molecule has 0 unspecified atom stereocenters. The third kappa shape index (κ3) is 2.63. The van der Waals surface area contributed by atoms with Crippen LogP contribution in [0.25, 0.3) is 6.08 Å². The van der Waals surface area contributed by atoms with Crippen molar-refractivity contribution in [2.75, 3.05) is 7.11 Å². The van der Waals surface area contributed by atoms with E-state index in [1.54, 1.807) is 0 Å². The molecule has 0 bridgehead atoms. The predicted octanol–water partition coefficient (Wildman–Crippen LogP) is 1.92. The van der Waals surface area contributed by atoms with Gasteiger partial charge in [-0.15, -0.1) is 0 Å². The van der Waals surface area contributed by atoms with Gasteiger partial charge in [0, 0.05) is 17.7 Å². The maximum atomic E-state index is 13.4. The molecule has 16 heavy (non-hydrogen) atoms. The lowest BCUT2D eigenvalue weighted by Crippen LogP contribution is -1.96. The number of nitrogens with zero attached hydrogens (tertiary/aromatic N) is 1. The molecule has 0 aliphatic carbocycles. The normalized spacial score (nSPS) is 10.4. The molecule has 0 aromatic heterocycles. The van der Waals surface area contributed by atoms with Crippen LogP contribution in [0.15, 0.2) is 24.3 Å². The Kier molecular flexibility index (Phi) is 3.71. The van der Waals surface area contributed by atoms with Crippen LogP contribution >= 0.6 is 0 Å². The zero-order valence-electron chi connectivity index (χ0n) is 8.34. The molecule has 0 heterocycles. The lowest BCUT2D eigenvalue weighted by atomic mass is 10.1. The number of hydrogen-bond donors (Lipinski definition) is 0. The summed E-state index contributed by atoms with van der Waals surface area (Å²) in [6.45, 7) is 0. The Hall–Kier alpha value is -2.24. The molecule has 0 N–H and O–H groups in total. The molecule has 1 aromatic rings. The van der Waals surface area contributed by atoms with Gasteiger partial charge in [-0.2, -0.15) is 4.39 Å². The molecular weight excluding hydrogens is 217 g/mol. The van der Waals surface area contributed by atoms with E-state index in [1.807, 2.05) is 0 Å². The van der Waals surface area contributed by atoms with Crippen LogP contribution in [-0.2, 0) is 9.53 Å². The van der Waals surface area contributed by atoms with Crippen LogP contribution in [0.2, 0.25) is 0 Å². The van der Waals surface area contributed by atoms with Gasteiger partial charge >= 0.3 is 11.7 Å². The molecular formula is C10H8FNO4. The van der Waals surface area contributed by atoms with E-state index in [-0.39, 0.29) is 5.56 Å². The van der Waals surface area contributed by atoms with Gasteiger partial charge in [-0.25, -0.2) is 4.79 Å². The van der Waals surface area contributed by atoms with Gasteiger partial charge in [-0.05, 0) is 6.08 Å². The highest BCUT2D eigenvalue weighted by molar-refractivity contribution is 5.87. The maximum absolute atomic E-state index is 13.4. The molecule has 1 rings (SSSR count). The van der Waals surface area contributed by atoms with Gasteiger partial charge in [-0.3, -0.25) is 10.1 Å². The highest BCUT2D eigenvalue weighted by atomic mass is 19.1. The van der Waals surface area contributed by atoms with E-state index in [2.05, 4.69) is 4.74 Å². The molecule has 0 fully saturated rings. The summed E-state index contributed by atoms with van der Waals surface area (Å²) in [4.78, 5) is 20.3. The Bertz CT molecular complexity index is 456. The molecule has 0 atom stereocenters. The minimum atomic E-state index is -0.979. The summed E-state index contributed by atoms with van der Waals surface area (Å²) in [6, 6.07) is 3.70. The van der Waals surface area contributed by atoms with Crippen LogP contribution in [0, 0.1) is 15.9 Å². The summed E-state index contributed by atoms with van der Waals surface area (Å²) in [5, 5.41) is 10.4. The van der Waals surface area contributed by atoms with Crippen molar-refractivity contribution >= 4 is 17.7 Å². The van der Waals surface area contributed by atoms with E-state index >= 15 is 0 Å². The van der Waals surface area contributed by atoms with Crippen LogP contribution in [-0.4, -0.2) is 18.0 Å². The van der Waals surface area contributed by atoms with E-state index in [0.717, 1.165) is 18.2 Å². The van der Waals surface area contributed by atoms with Crippen LogP contribution in [0.4, 0.5) is 10.1 Å². The van der Waals surface area contributed by atoms with Crippen LogP contribution < -0.4 is 0 Å². The third-order valence-electron chi connectivity index (χ3n) is 1.81. The highest BCUT2D eigenvalue weighted by Gasteiger charge is 2.15. The summed E-state index contributed by atoms with van der Waals surface area (Å²) in [5.74, 6) is -1.64. The van der Waals surface area contributed by atoms with Crippen molar-refractivity contribution in [2.45, 2.75) is 0 Å². The maximum Gasteiger partial charge on any atom is 0.330 e. The first-order valence-electron chi connectivity index (χ1n) is 4.25. The summed E-state index contributed by atoms with van der Waals surface area (Å²) in [6.07, 6.45) is 2.11. The predicted molar refractivity (Wildman–Crippen MR) is 54.1 cm³/mol. The largest absolute Gasteiger partial charge is 0.466 e. The average Bonchev–Trinajstić information content (AvgIpc) is 2.26. The minimum Gasteiger partial charge on any atom is -0.466 e. The topological polar surface area (TPSA) is 69.4 Å². The van der Waals surface area contributed by atoms with E-state index in [9.17, 15) is 19.3 Å². The van der Waals surface area contributed by atoms with Crippen LogP contribution in [0.3, 0.4) is 0 Å². The number of hydrogen-bond acceptors (Lipinski definition) is 4. The fourth-order valence-electron chi connectivity index (χ4n) is 1.03. The number of carbonyl (C=O) groups excluding carboxylic acids is 1. The Morgan fingerprint density at radius 1 is 1.56 bits per heavy atom. The number of carbonyl (C=O) groups is 1. The Morgan fingerprint density at radius 3 is 2.81 bits per heavy atom. The molecule has 5 nitrogen and oxygen atoms in total. The number of nitro benzene ring substituents is 1. The molecule has 0 aliphatic heterocycles. The monoisotopic (exact) mass is 225 g/mol. The molecule has 0 saturated heterocycles. The fraction of sp³-hybridized carbons (Fsp3) is 0.100. The molecule has 0 aliphatic rings. The standard InChI is InChI=1S/C10H8FNO4/c1-16-9(13)6-5-7-3-2-4-8(10(7)11)12(14)15/h2-6H,1H3. The first-order valence-corrected chi connectivity index (χ1v) is 4.25. The van der Waals surface area contributed by atoms with Crippen molar-refractivity contribution in [3.05, 3.63) is 45.8 Å². The molecule has 6 heteroatoms. The Labute approximate surface area is 90.3 Å². The summed E-state index contributed by atoms with van der Waals surface area (Å²) in [7, 11) is 1.18. The molecule has 84 valence electrons. The number of ether oxygens (including phenoxy) is 1. The molecule has 0 amide bonds. The summed E-state index contributed by atoms with van der Waals surface area (Å²) in [5.41, 5.74) is -0.674. The van der Waals surface area contributed by atoms with E-state index in [0.29, 0.717) is 0 Å². The molecule has 0 radical (unpaired) electrons. The van der Waals surface area contributed by atoms with Gasteiger partial charge in [0.05, 0.1) is 12.0 Å². The molecule has 0 saturated carbocycles. The number of rotatable bonds is 3. The van der Waals surface area contributed by atoms with Crippen molar-refractivity contribution < 1.29 is 18.8 Å². The first kappa shape index (κ1) is 11.8. The number of benzene rings is 1. The van der Waals surface area contributed by atoms with Gasteiger partial charge in [-0.1, -0.05) is 12.1 Å². The van der Waals surface area contributed by atoms with Crippen molar-refractivity contribution in [2.24, 2.45) is 0 Å². The lowest BCUT2D eigenvalue weighted by molar-refractivity contribution is -0.387. The lowest BCUT2D eigenvalue weighted by Gasteiger charge is -1.97. The van der Waals surface area contributed by atoms with Gasteiger partial charge < -0.3 is 4.74 Å². The average molecular weight is 225 g/mol. The number of nitro groups is 1. The zero-order chi connectivity index (χ0) is 12.1. The van der Waals surface area contributed by atoms with Crippen LogP contribution in [0.1, 0.15) is 5.56 Å². The van der Waals surface area contributed by atoms with Crippen molar-refractivity contribution in [1.82, 2.24) is 0 Å². The number of esters is 1. The first-order chi connectivity index (χ1) is 7.56. The summed E-state index contributed by atoms with van der Waals surface area (Å²) >= 11 is 0. The van der Waals surface area contributed by atoms with Gasteiger partial charge in [0.2, 0.25) is 5.82 Å². The van der Waals surface area contributed by atoms with E-state index < -0.39 is 22.4 Å². The second-order valence-corrected chi connectivity index (χ2v) is 2.79. The quantitative estimate of drug-likeness (QED) is 0.341. The van der Waals surface area contributed by atoms with Gasteiger partial charge in [0.25, 0.3) is 0 Å². The summed E-state index contributed by atoms with van der Waals surface area (Å²) < 4.78 is 17.7. The molecule has 1 aromatic carbocycles. The van der Waals surface area contributed by atoms with Gasteiger partial charge in [0.15, 0.2) is 0 Å². The zero-order valence-corrected chi connectivity index (χ0v) is 8.34. The van der Waals surface area contributed by atoms with Crippen LogP contribution in [0.5, 0.6) is 0 Å². The minimum absolute atomic E-state index is 0.0420. The van der Waals surface area contributed by atoms with E-state index in [4.69, 9.17) is 0 Å². The van der Waals surface area contributed by atoms with E-state index in [1.165, 1.54) is 19.2 Å². The Morgan fingerprint density at radius 2 is 2.25 bits per heavy atom. The van der Waals surface area contributed by atoms with Gasteiger partial charge in [0.1, 0.15) is 0 Å². The van der Waals surface area contributed by atoms with Crippen molar-refractivity contribution in [1.29, 1.82) is 0 Å². The number of halogens is 1. The second-order valence-electron chi connectivity index (χ2n) is 2.79.